The third kappa shape index (κ3) is 7.36. The van der Waals surface area contributed by atoms with Gasteiger partial charge in [0.25, 0.3) is 10.0 Å². The zero-order valence-corrected chi connectivity index (χ0v) is 18.1. The van der Waals surface area contributed by atoms with Gasteiger partial charge < -0.3 is 21.5 Å². The summed E-state index contributed by atoms with van der Waals surface area (Å²) < 4.78 is 41.3. The van der Waals surface area contributed by atoms with Crippen LogP contribution >= 0.6 is 22.9 Å². The summed E-state index contributed by atoms with van der Waals surface area (Å²) >= 11 is 7.22. The molecule has 8 nitrogen and oxygen atoms in total. The Morgan fingerprint density at radius 1 is 1.31 bits per heavy atom. The molecule has 1 aromatic heterocycles. The predicted octanol–water partition coefficient (Wildman–Crippen LogP) is 2.23. The number of halogens is 2. The molecule has 12 heteroatoms. The van der Waals surface area contributed by atoms with E-state index in [9.17, 15) is 17.9 Å². The van der Waals surface area contributed by atoms with Crippen LogP contribution in [0.15, 0.2) is 28.6 Å². The lowest BCUT2D eigenvalue weighted by Gasteiger charge is -2.15. The number of rotatable bonds is 13. The zero-order chi connectivity index (χ0) is 21.3. The van der Waals surface area contributed by atoms with Crippen LogP contribution in [0, 0.1) is 5.82 Å². The normalized spacial score (nSPS) is 12.7. The Morgan fingerprint density at radius 2 is 2.07 bits per heavy atom. The first-order chi connectivity index (χ1) is 13.9. The molecular formula is C17H25ClFN5O3S2. The molecule has 0 radical (unpaired) electrons. The molecule has 0 spiro atoms. The predicted molar refractivity (Wildman–Crippen MR) is 115 cm³/mol. The Hall–Kier alpha value is -1.50. The number of nitrogens with zero attached hydrogens (tertiary/aromatic N) is 1. The van der Waals surface area contributed by atoms with Crippen molar-refractivity contribution in [3.05, 3.63) is 34.5 Å². The van der Waals surface area contributed by atoms with Gasteiger partial charge in [-0.25, -0.2) is 17.8 Å². The fourth-order valence-electron chi connectivity index (χ4n) is 2.55. The van der Waals surface area contributed by atoms with Crippen molar-refractivity contribution in [2.24, 2.45) is 5.73 Å². The average Bonchev–Trinajstić information content (AvgIpc) is 3.17. The summed E-state index contributed by atoms with van der Waals surface area (Å²) in [4.78, 5) is 3.28. The third-order valence-corrected chi connectivity index (χ3v) is 6.54. The van der Waals surface area contributed by atoms with Gasteiger partial charge in [-0.3, -0.25) is 4.72 Å². The lowest BCUT2D eigenvalue weighted by Crippen LogP contribution is -2.35. The monoisotopic (exact) mass is 465 g/mol. The van der Waals surface area contributed by atoms with E-state index in [0.717, 1.165) is 36.3 Å². The van der Waals surface area contributed by atoms with Gasteiger partial charge in [0.1, 0.15) is 10.7 Å². The first-order valence-electron chi connectivity index (χ1n) is 9.07. The quantitative estimate of drug-likeness (QED) is 0.287. The first kappa shape index (κ1) is 23.8. The Bertz CT molecular complexity index is 868. The summed E-state index contributed by atoms with van der Waals surface area (Å²) in [5.41, 5.74) is 5.79. The van der Waals surface area contributed by atoms with Crippen molar-refractivity contribution in [3.8, 4) is 0 Å². The minimum atomic E-state index is -4.13. The molecular weight excluding hydrogens is 441 g/mol. The van der Waals surface area contributed by atoms with E-state index in [1.807, 2.05) is 0 Å². The van der Waals surface area contributed by atoms with E-state index in [-0.39, 0.29) is 22.8 Å². The van der Waals surface area contributed by atoms with Crippen molar-refractivity contribution >= 4 is 43.8 Å². The van der Waals surface area contributed by atoms with Crippen molar-refractivity contribution < 1.29 is 17.9 Å². The molecule has 0 saturated carbocycles. The van der Waals surface area contributed by atoms with Crippen LogP contribution in [0.25, 0.3) is 0 Å². The molecule has 0 amide bonds. The van der Waals surface area contributed by atoms with E-state index in [1.54, 1.807) is 5.38 Å². The van der Waals surface area contributed by atoms with E-state index < -0.39 is 20.7 Å². The summed E-state index contributed by atoms with van der Waals surface area (Å²) in [5, 5.41) is 17.3. The molecule has 1 heterocycles. The molecule has 6 N–H and O–H groups in total. The number of benzene rings is 1. The van der Waals surface area contributed by atoms with Crippen LogP contribution in [-0.2, 0) is 10.0 Å². The number of sulfonamides is 1. The Labute approximate surface area is 178 Å². The number of nitrogens with one attached hydrogen (secondary N) is 3. The standard InChI is InChI=1S/C17H25ClFN5O3S2/c18-13-9-16(29(26,27)24-17-23-7-8-28-17)14(19)10-15(13)22-6-2-1-5-21-12(11-25)3-4-20/h7-10,12,21-22,25H,1-6,11,20H2,(H,23,24). The van der Waals surface area contributed by atoms with Crippen LogP contribution in [0.2, 0.25) is 5.02 Å². The van der Waals surface area contributed by atoms with E-state index in [4.69, 9.17) is 17.3 Å². The molecule has 2 aromatic rings. The number of hydrogen-bond donors (Lipinski definition) is 5. The molecule has 0 aliphatic carbocycles. The number of anilines is 2. The Kier molecular flexibility index (Phi) is 9.53. The van der Waals surface area contributed by atoms with Crippen molar-refractivity contribution in [1.29, 1.82) is 0 Å². The molecule has 162 valence electrons. The minimum absolute atomic E-state index is 0.0102. The molecule has 2 rings (SSSR count). The van der Waals surface area contributed by atoms with Gasteiger partial charge in [0.2, 0.25) is 0 Å². The summed E-state index contributed by atoms with van der Waals surface area (Å²) in [6.07, 6.45) is 3.75. The maximum absolute atomic E-state index is 14.4. The molecule has 29 heavy (non-hydrogen) atoms. The molecule has 0 fully saturated rings. The van der Waals surface area contributed by atoms with E-state index in [0.29, 0.717) is 31.7 Å². The fourth-order valence-corrected chi connectivity index (χ4v) is 4.72. The molecule has 0 aliphatic rings. The van der Waals surface area contributed by atoms with Crippen LogP contribution < -0.4 is 21.1 Å². The van der Waals surface area contributed by atoms with Crippen LogP contribution in [0.3, 0.4) is 0 Å². The highest BCUT2D eigenvalue weighted by atomic mass is 35.5. The van der Waals surface area contributed by atoms with Gasteiger partial charge in [0.05, 0.1) is 17.3 Å². The topological polar surface area (TPSA) is 129 Å². The van der Waals surface area contributed by atoms with E-state index in [2.05, 4.69) is 20.3 Å². The Balaban J connectivity index is 1.87. The molecule has 0 saturated heterocycles. The van der Waals surface area contributed by atoms with Crippen LogP contribution in [0.1, 0.15) is 19.3 Å². The second-order valence-corrected chi connectivity index (χ2v) is 9.20. The largest absolute Gasteiger partial charge is 0.395 e. The van der Waals surface area contributed by atoms with Crippen LogP contribution in [-0.4, -0.2) is 50.8 Å². The zero-order valence-electron chi connectivity index (χ0n) is 15.7. The Morgan fingerprint density at radius 3 is 2.72 bits per heavy atom. The van der Waals surface area contributed by atoms with Crippen molar-refractivity contribution in [1.82, 2.24) is 10.3 Å². The number of aliphatic hydroxyl groups excluding tert-OH is 1. The lowest BCUT2D eigenvalue weighted by atomic mass is 10.2. The average molecular weight is 466 g/mol. The third-order valence-electron chi connectivity index (χ3n) is 4.05. The second kappa shape index (κ2) is 11.6. The second-order valence-electron chi connectivity index (χ2n) is 6.25. The highest BCUT2D eigenvalue weighted by Gasteiger charge is 2.22. The van der Waals surface area contributed by atoms with Gasteiger partial charge in [0, 0.05) is 24.2 Å². The molecule has 0 bridgehead atoms. The van der Waals surface area contributed by atoms with Gasteiger partial charge in [0.15, 0.2) is 5.13 Å². The first-order valence-corrected chi connectivity index (χ1v) is 11.8. The number of aliphatic hydroxyl groups is 1. The lowest BCUT2D eigenvalue weighted by molar-refractivity contribution is 0.237. The maximum Gasteiger partial charge on any atom is 0.266 e. The number of hydrogen-bond acceptors (Lipinski definition) is 8. The number of aromatic nitrogens is 1. The molecule has 0 aliphatic heterocycles. The van der Waals surface area contributed by atoms with Gasteiger partial charge in [-0.15, -0.1) is 11.3 Å². The maximum atomic E-state index is 14.4. The summed E-state index contributed by atoms with van der Waals surface area (Å²) in [6.45, 7) is 1.80. The highest BCUT2D eigenvalue weighted by Crippen LogP contribution is 2.29. The smallest absolute Gasteiger partial charge is 0.266 e. The van der Waals surface area contributed by atoms with Crippen molar-refractivity contribution in [2.75, 3.05) is 36.3 Å². The van der Waals surface area contributed by atoms with Gasteiger partial charge in [-0.2, -0.15) is 0 Å². The number of unbranched alkanes of at least 4 members (excludes halogenated alkanes) is 1. The minimum Gasteiger partial charge on any atom is -0.395 e. The molecule has 1 atom stereocenters. The fraction of sp³-hybridized carbons (Fsp3) is 0.471. The molecule has 1 aromatic carbocycles. The van der Waals surface area contributed by atoms with E-state index in [1.165, 1.54) is 6.20 Å². The van der Waals surface area contributed by atoms with Gasteiger partial charge in [-0.05, 0) is 44.5 Å². The molecule has 1 unspecified atom stereocenters. The van der Waals surface area contributed by atoms with Crippen LogP contribution in [0.5, 0.6) is 0 Å². The van der Waals surface area contributed by atoms with Crippen molar-refractivity contribution in [3.63, 3.8) is 0 Å². The highest BCUT2D eigenvalue weighted by molar-refractivity contribution is 7.93. The number of thiazole rings is 1. The summed E-state index contributed by atoms with van der Waals surface area (Å²) in [5.74, 6) is -0.907. The number of nitrogens with two attached hydrogens (primary N) is 1. The van der Waals surface area contributed by atoms with Gasteiger partial charge in [-0.1, -0.05) is 11.6 Å². The van der Waals surface area contributed by atoms with Crippen molar-refractivity contribution in [2.45, 2.75) is 30.2 Å². The summed E-state index contributed by atoms with van der Waals surface area (Å²) in [7, 11) is -4.13. The van der Waals surface area contributed by atoms with Crippen LogP contribution in [0.4, 0.5) is 15.2 Å². The summed E-state index contributed by atoms with van der Waals surface area (Å²) in [6, 6.07) is 2.14. The SMILES string of the molecule is NCCC(CO)NCCCCNc1cc(F)c(S(=O)(=O)Nc2nccs2)cc1Cl. The van der Waals surface area contributed by atoms with Gasteiger partial charge >= 0.3 is 0 Å². The van der Waals surface area contributed by atoms with E-state index >= 15 is 0 Å².